The van der Waals surface area contributed by atoms with Gasteiger partial charge in [-0.1, -0.05) is 23.7 Å². The van der Waals surface area contributed by atoms with Crippen molar-refractivity contribution >= 4 is 29.1 Å². The van der Waals surface area contributed by atoms with Crippen LogP contribution in [0.4, 0.5) is 5.69 Å². The molecule has 0 bridgehead atoms. The molecule has 3 rings (SSSR count). The number of rotatable bonds is 5. The highest BCUT2D eigenvalue weighted by molar-refractivity contribution is 6.30. The van der Waals surface area contributed by atoms with Gasteiger partial charge in [-0.15, -0.1) is 0 Å². The Balaban J connectivity index is 1.68. The summed E-state index contributed by atoms with van der Waals surface area (Å²) in [6, 6.07) is 17.3. The maximum Gasteiger partial charge on any atom is 0.255 e. The zero-order valence-electron chi connectivity index (χ0n) is 14.7. The standard InChI is InChI=1S/C21H18ClN3O2/c1-14-11-17(22)8-9-19(14)25-21(27)16-6-4-5-15(12-16)20(26)24-13-18-7-2-3-10-23-18/h2-12H,13H2,1H3,(H,24,26)(H,25,27). The molecule has 2 N–H and O–H groups in total. The first-order valence-electron chi connectivity index (χ1n) is 8.38. The van der Waals surface area contributed by atoms with Crippen LogP contribution < -0.4 is 10.6 Å². The van der Waals surface area contributed by atoms with Crippen molar-refractivity contribution in [1.82, 2.24) is 10.3 Å². The highest BCUT2D eigenvalue weighted by Gasteiger charge is 2.12. The fourth-order valence-electron chi connectivity index (χ4n) is 2.54. The van der Waals surface area contributed by atoms with E-state index in [1.165, 1.54) is 0 Å². The SMILES string of the molecule is Cc1cc(Cl)ccc1NC(=O)c1cccc(C(=O)NCc2ccccn2)c1. The van der Waals surface area contributed by atoms with Crippen LogP contribution in [0.25, 0.3) is 0 Å². The zero-order valence-corrected chi connectivity index (χ0v) is 15.5. The third-order valence-corrected chi connectivity index (χ3v) is 4.21. The number of carbonyl (C=O) groups excluding carboxylic acids is 2. The quantitative estimate of drug-likeness (QED) is 0.697. The molecule has 5 nitrogen and oxygen atoms in total. The molecule has 3 aromatic rings. The summed E-state index contributed by atoms with van der Waals surface area (Å²) in [5, 5.41) is 6.25. The van der Waals surface area contributed by atoms with E-state index in [0.29, 0.717) is 28.4 Å². The van der Waals surface area contributed by atoms with Gasteiger partial charge < -0.3 is 10.6 Å². The van der Waals surface area contributed by atoms with E-state index in [4.69, 9.17) is 11.6 Å². The number of halogens is 1. The highest BCUT2D eigenvalue weighted by atomic mass is 35.5. The first-order valence-corrected chi connectivity index (χ1v) is 8.76. The Bertz CT molecular complexity index is 974. The van der Waals surface area contributed by atoms with Crippen molar-refractivity contribution in [2.24, 2.45) is 0 Å². The molecule has 2 amide bonds. The van der Waals surface area contributed by atoms with Crippen molar-refractivity contribution in [1.29, 1.82) is 0 Å². The predicted octanol–water partition coefficient (Wildman–Crippen LogP) is 4.23. The largest absolute Gasteiger partial charge is 0.346 e. The van der Waals surface area contributed by atoms with E-state index in [9.17, 15) is 9.59 Å². The Labute approximate surface area is 162 Å². The van der Waals surface area contributed by atoms with Crippen LogP contribution >= 0.6 is 11.6 Å². The number of aromatic nitrogens is 1. The number of nitrogens with one attached hydrogen (secondary N) is 2. The molecule has 0 unspecified atom stereocenters. The third-order valence-electron chi connectivity index (χ3n) is 3.98. The van der Waals surface area contributed by atoms with E-state index < -0.39 is 0 Å². The summed E-state index contributed by atoms with van der Waals surface area (Å²) in [5.74, 6) is -0.558. The van der Waals surface area contributed by atoms with Crippen LogP contribution in [0.3, 0.4) is 0 Å². The molecule has 0 aliphatic rings. The lowest BCUT2D eigenvalue weighted by atomic mass is 10.1. The molecule has 6 heteroatoms. The lowest BCUT2D eigenvalue weighted by Crippen LogP contribution is -2.23. The minimum Gasteiger partial charge on any atom is -0.346 e. The molecule has 0 aliphatic carbocycles. The summed E-state index contributed by atoms with van der Waals surface area (Å²) in [6.07, 6.45) is 1.67. The van der Waals surface area contributed by atoms with Gasteiger partial charge in [-0.3, -0.25) is 14.6 Å². The molecule has 1 heterocycles. The molecule has 2 aromatic carbocycles. The molecule has 0 aliphatic heterocycles. The molecule has 0 saturated heterocycles. The monoisotopic (exact) mass is 379 g/mol. The lowest BCUT2D eigenvalue weighted by molar-refractivity contribution is 0.0950. The van der Waals surface area contributed by atoms with Gasteiger partial charge in [-0.25, -0.2) is 0 Å². The Kier molecular flexibility index (Phi) is 5.84. The summed E-state index contributed by atoms with van der Waals surface area (Å²) >= 11 is 5.94. The van der Waals surface area contributed by atoms with E-state index in [2.05, 4.69) is 15.6 Å². The van der Waals surface area contributed by atoms with Crippen LogP contribution in [0, 0.1) is 6.92 Å². The van der Waals surface area contributed by atoms with Crippen LogP contribution in [0.2, 0.25) is 5.02 Å². The number of pyridine rings is 1. The van der Waals surface area contributed by atoms with E-state index in [1.54, 1.807) is 48.7 Å². The maximum atomic E-state index is 12.5. The molecular formula is C21H18ClN3O2. The molecule has 0 atom stereocenters. The van der Waals surface area contributed by atoms with Gasteiger partial charge >= 0.3 is 0 Å². The average molecular weight is 380 g/mol. The number of nitrogens with zero attached hydrogens (tertiary/aromatic N) is 1. The van der Waals surface area contributed by atoms with Crippen molar-refractivity contribution in [3.8, 4) is 0 Å². The zero-order chi connectivity index (χ0) is 19.2. The molecular weight excluding hydrogens is 362 g/mol. The lowest BCUT2D eigenvalue weighted by Gasteiger charge is -2.10. The van der Waals surface area contributed by atoms with Crippen LogP contribution in [0.1, 0.15) is 32.0 Å². The van der Waals surface area contributed by atoms with Crippen LogP contribution in [-0.4, -0.2) is 16.8 Å². The van der Waals surface area contributed by atoms with Gasteiger partial charge in [-0.2, -0.15) is 0 Å². The second-order valence-corrected chi connectivity index (χ2v) is 6.43. The van der Waals surface area contributed by atoms with E-state index in [-0.39, 0.29) is 11.8 Å². The molecule has 27 heavy (non-hydrogen) atoms. The number of amides is 2. The normalized spacial score (nSPS) is 10.3. The van der Waals surface area contributed by atoms with Crippen molar-refractivity contribution in [3.05, 3.63) is 94.3 Å². The first-order chi connectivity index (χ1) is 13.0. The maximum absolute atomic E-state index is 12.5. The first kappa shape index (κ1) is 18.6. The van der Waals surface area contributed by atoms with Crippen molar-refractivity contribution in [3.63, 3.8) is 0 Å². The van der Waals surface area contributed by atoms with Crippen LogP contribution in [0.5, 0.6) is 0 Å². The Morgan fingerprint density at radius 1 is 0.963 bits per heavy atom. The third kappa shape index (κ3) is 4.92. The van der Waals surface area contributed by atoms with Crippen LogP contribution in [-0.2, 0) is 6.54 Å². The van der Waals surface area contributed by atoms with Crippen LogP contribution in [0.15, 0.2) is 66.9 Å². The van der Waals surface area contributed by atoms with Gasteiger partial charge in [0.1, 0.15) is 0 Å². The molecule has 0 spiro atoms. The second-order valence-electron chi connectivity index (χ2n) is 6.00. The van der Waals surface area contributed by atoms with E-state index in [1.807, 2.05) is 25.1 Å². The van der Waals surface area contributed by atoms with Crippen molar-refractivity contribution in [2.75, 3.05) is 5.32 Å². The number of hydrogen-bond donors (Lipinski definition) is 2. The fourth-order valence-corrected chi connectivity index (χ4v) is 2.77. The minimum absolute atomic E-state index is 0.266. The Morgan fingerprint density at radius 2 is 1.74 bits per heavy atom. The van der Waals surface area contributed by atoms with Gasteiger partial charge in [0.2, 0.25) is 0 Å². The van der Waals surface area contributed by atoms with Gasteiger partial charge in [-0.05, 0) is 61.0 Å². The summed E-state index contributed by atoms with van der Waals surface area (Å²) in [4.78, 5) is 29.0. The molecule has 136 valence electrons. The Hall–Kier alpha value is -3.18. The van der Waals surface area contributed by atoms with Gasteiger partial charge in [0.05, 0.1) is 12.2 Å². The summed E-state index contributed by atoms with van der Waals surface area (Å²) in [7, 11) is 0. The minimum atomic E-state index is -0.292. The molecule has 0 radical (unpaired) electrons. The number of benzene rings is 2. The topological polar surface area (TPSA) is 71.1 Å². The van der Waals surface area contributed by atoms with Gasteiger partial charge in [0.25, 0.3) is 11.8 Å². The van der Waals surface area contributed by atoms with Crippen molar-refractivity contribution < 1.29 is 9.59 Å². The summed E-state index contributed by atoms with van der Waals surface area (Å²) in [6.45, 7) is 2.18. The Morgan fingerprint density at radius 3 is 2.44 bits per heavy atom. The fraction of sp³-hybridized carbons (Fsp3) is 0.0952. The molecule has 0 fully saturated rings. The van der Waals surface area contributed by atoms with Gasteiger partial charge in [0.15, 0.2) is 0 Å². The number of carbonyl (C=O) groups is 2. The smallest absolute Gasteiger partial charge is 0.255 e. The average Bonchev–Trinajstić information content (AvgIpc) is 2.69. The molecule has 1 aromatic heterocycles. The molecule has 0 saturated carbocycles. The van der Waals surface area contributed by atoms with Gasteiger partial charge in [0, 0.05) is 28.0 Å². The summed E-state index contributed by atoms with van der Waals surface area (Å²) < 4.78 is 0. The number of aryl methyl sites for hydroxylation is 1. The predicted molar refractivity (Wildman–Crippen MR) is 106 cm³/mol. The highest BCUT2D eigenvalue weighted by Crippen LogP contribution is 2.20. The number of anilines is 1. The summed E-state index contributed by atoms with van der Waals surface area (Å²) in [5.41, 5.74) is 3.11. The van der Waals surface area contributed by atoms with E-state index in [0.717, 1.165) is 11.3 Å². The number of hydrogen-bond acceptors (Lipinski definition) is 3. The second kappa shape index (κ2) is 8.47. The van der Waals surface area contributed by atoms with E-state index >= 15 is 0 Å². The van der Waals surface area contributed by atoms with Crippen molar-refractivity contribution in [2.45, 2.75) is 13.5 Å².